The summed E-state index contributed by atoms with van der Waals surface area (Å²) in [5, 5.41) is 1.03. The van der Waals surface area contributed by atoms with Gasteiger partial charge in [-0.1, -0.05) is 29.8 Å². The van der Waals surface area contributed by atoms with E-state index in [2.05, 4.69) is 18.2 Å². The molecule has 0 aromatic carbocycles. The SMILES string of the molecule is Cl/C1=C/CC/C=C\CC1. The number of allylic oxidation sites excluding steroid dienone is 4. The van der Waals surface area contributed by atoms with Gasteiger partial charge in [0.25, 0.3) is 0 Å². The Labute approximate surface area is 61.2 Å². The second-order valence-electron chi connectivity index (χ2n) is 2.24. The Hall–Kier alpha value is -0.230. The van der Waals surface area contributed by atoms with Crippen LogP contribution < -0.4 is 0 Å². The lowest BCUT2D eigenvalue weighted by atomic mass is 10.1. The molecule has 0 aromatic rings. The molecule has 0 aromatic heterocycles. The Balaban J connectivity index is 2.41. The van der Waals surface area contributed by atoms with Crippen LogP contribution in [0.1, 0.15) is 25.7 Å². The van der Waals surface area contributed by atoms with Gasteiger partial charge in [0.1, 0.15) is 0 Å². The van der Waals surface area contributed by atoms with Crippen molar-refractivity contribution in [2.24, 2.45) is 0 Å². The predicted molar refractivity (Wildman–Crippen MR) is 41.5 cm³/mol. The van der Waals surface area contributed by atoms with Crippen LogP contribution >= 0.6 is 11.6 Å². The molecule has 9 heavy (non-hydrogen) atoms. The van der Waals surface area contributed by atoms with Gasteiger partial charge in [-0.25, -0.2) is 0 Å². The van der Waals surface area contributed by atoms with E-state index in [0.29, 0.717) is 0 Å². The summed E-state index contributed by atoms with van der Waals surface area (Å²) in [5.74, 6) is 0. The molecule has 0 radical (unpaired) electrons. The Morgan fingerprint density at radius 1 is 1.11 bits per heavy atom. The van der Waals surface area contributed by atoms with Crippen LogP contribution in [0, 0.1) is 0 Å². The molecular formula is C8H11Cl. The maximum absolute atomic E-state index is 5.82. The molecule has 0 saturated carbocycles. The highest BCUT2D eigenvalue weighted by atomic mass is 35.5. The first kappa shape index (κ1) is 6.88. The van der Waals surface area contributed by atoms with Crippen molar-refractivity contribution in [1.82, 2.24) is 0 Å². The maximum atomic E-state index is 5.82. The summed E-state index contributed by atoms with van der Waals surface area (Å²) >= 11 is 5.82. The van der Waals surface area contributed by atoms with Crippen LogP contribution in [0.5, 0.6) is 0 Å². The van der Waals surface area contributed by atoms with Gasteiger partial charge in [0.05, 0.1) is 0 Å². The van der Waals surface area contributed by atoms with Gasteiger partial charge in [0.2, 0.25) is 0 Å². The Kier molecular flexibility index (Phi) is 2.85. The zero-order valence-electron chi connectivity index (χ0n) is 5.44. The standard InChI is InChI=1S/C8H11Cl/c9-8-6-4-2-1-3-5-7-8/h1-2,7H,3-6H2/b2-1-,8-7+. The van der Waals surface area contributed by atoms with E-state index in [1.165, 1.54) is 0 Å². The van der Waals surface area contributed by atoms with Gasteiger partial charge < -0.3 is 0 Å². The van der Waals surface area contributed by atoms with E-state index in [1.54, 1.807) is 0 Å². The first-order chi connectivity index (χ1) is 4.39. The third kappa shape index (κ3) is 2.71. The lowest BCUT2D eigenvalue weighted by Gasteiger charge is -1.98. The van der Waals surface area contributed by atoms with Crippen molar-refractivity contribution in [1.29, 1.82) is 0 Å². The topological polar surface area (TPSA) is 0 Å². The van der Waals surface area contributed by atoms with E-state index in [4.69, 9.17) is 11.6 Å². The van der Waals surface area contributed by atoms with E-state index in [0.717, 1.165) is 30.7 Å². The van der Waals surface area contributed by atoms with Crippen LogP contribution in [-0.4, -0.2) is 0 Å². The van der Waals surface area contributed by atoms with Gasteiger partial charge in [-0.15, -0.1) is 0 Å². The summed E-state index contributed by atoms with van der Waals surface area (Å²) < 4.78 is 0. The van der Waals surface area contributed by atoms with Crippen molar-refractivity contribution in [2.45, 2.75) is 25.7 Å². The predicted octanol–water partition coefficient (Wildman–Crippen LogP) is 3.24. The minimum absolute atomic E-state index is 1.03. The first-order valence-corrected chi connectivity index (χ1v) is 3.77. The molecular weight excluding hydrogens is 132 g/mol. The molecule has 0 heterocycles. The van der Waals surface area contributed by atoms with Crippen LogP contribution in [0.2, 0.25) is 0 Å². The number of rotatable bonds is 0. The summed E-state index contributed by atoms with van der Waals surface area (Å²) in [5.41, 5.74) is 0. The first-order valence-electron chi connectivity index (χ1n) is 3.39. The molecule has 0 atom stereocenters. The monoisotopic (exact) mass is 142 g/mol. The van der Waals surface area contributed by atoms with Gasteiger partial charge in [0, 0.05) is 5.03 Å². The van der Waals surface area contributed by atoms with E-state index in [9.17, 15) is 0 Å². The molecule has 50 valence electrons. The summed E-state index contributed by atoms with van der Waals surface area (Å²) in [7, 11) is 0. The van der Waals surface area contributed by atoms with Crippen LogP contribution in [0.3, 0.4) is 0 Å². The second kappa shape index (κ2) is 3.73. The molecule has 1 heteroatoms. The number of hydrogen-bond donors (Lipinski definition) is 0. The number of halogens is 1. The zero-order valence-corrected chi connectivity index (χ0v) is 6.19. The van der Waals surface area contributed by atoms with Crippen molar-refractivity contribution in [3.05, 3.63) is 23.3 Å². The lowest BCUT2D eigenvalue weighted by Crippen LogP contribution is -1.77. The zero-order chi connectivity index (χ0) is 6.53. The van der Waals surface area contributed by atoms with Gasteiger partial charge in [-0.3, -0.25) is 0 Å². The van der Waals surface area contributed by atoms with Gasteiger partial charge >= 0.3 is 0 Å². The van der Waals surface area contributed by atoms with E-state index < -0.39 is 0 Å². The number of hydrogen-bond acceptors (Lipinski definition) is 0. The van der Waals surface area contributed by atoms with Gasteiger partial charge in [0.15, 0.2) is 0 Å². The molecule has 0 amide bonds. The molecule has 0 saturated heterocycles. The normalized spacial score (nSPS) is 29.7. The fourth-order valence-electron chi connectivity index (χ4n) is 0.895. The van der Waals surface area contributed by atoms with Crippen molar-refractivity contribution >= 4 is 11.6 Å². The van der Waals surface area contributed by atoms with E-state index >= 15 is 0 Å². The second-order valence-corrected chi connectivity index (χ2v) is 2.72. The summed E-state index contributed by atoms with van der Waals surface area (Å²) in [6.07, 6.45) is 10.9. The molecule has 0 aliphatic heterocycles. The van der Waals surface area contributed by atoms with E-state index in [-0.39, 0.29) is 0 Å². The highest BCUT2D eigenvalue weighted by molar-refractivity contribution is 6.29. The van der Waals surface area contributed by atoms with Crippen molar-refractivity contribution < 1.29 is 0 Å². The quantitative estimate of drug-likeness (QED) is 0.456. The smallest absolute Gasteiger partial charge is 0.0144 e. The van der Waals surface area contributed by atoms with Crippen LogP contribution in [0.25, 0.3) is 0 Å². The average Bonchev–Trinajstić information content (AvgIpc) is 1.79. The van der Waals surface area contributed by atoms with Crippen LogP contribution in [-0.2, 0) is 0 Å². The molecule has 1 aliphatic rings. The Morgan fingerprint density at radius 2 is 1.89 bits per heavy atom. The third-order valence-corrected chi connectivity index (χ3v) is 1.76. The molecule has 0 bridgehead atoms. The fourth-order valence-corrected chi connectivity index (χ4v) is 1.11. The van der Waals surface area contributed by atoms with Crippen LogP contribution in [0.15, 0.2) is 23.3 Å². The summed E-state index contributed by atoms with van der Waals surface area (Å²) in [6, 6.07) is 0. The third-order valence-electron chi connectivity index (χ3n) is 1.42. The highest BCUT2D eigenvalue weighted by Crippen LogP contribution is 2.14. The maximum Gasteiger partial charge on any atom is 0.0144 e. The summed E-state index contributed by atoms with van der Waals surface area (Å²) in [6.45, 7) is 0. The largest absolute Gasteiger partial charge is 0.0895 e. The Bertz CT molecular complexity index is 134. The average molecular weight is 143 g/mol. The van der Waals surface area contributed by atoms with Gasteiger partial charge in [-0.2, -0.15) is 0 Å². The lowest BCUT2D eigenvalue weighted by molar-refractivity contribution is 0.949. The summed E-state index contributed by atoms with van der Waals surface area (Å²) in [4.78, 5) is 0. The molecule has 0 unspecified atom stereocenters. The van der Waals surface area contributed by atoms with Crippen LogP contribution in [0.4, 0.5) is 0 Å². The van der Waals surface area contributed by atoms with Gasteiger partial charge in [-0.05, 0) is 25.7 Å². The molecule has 0 N–H and O–H groups in total. The molecule has 0 nitrogen and oxygen atoms in total. The Morgan fingerprint density at radius 3 is 2.78 bits per heavy atom. The van der Waals surface area contributed by atoms with Crippen molar-refractivity contribution in [3.63, 3.8) is 0 Å². The molecule has 0 fully saturated rings. The van der Waals surface area contributed by atoms with Crippen molar-refractivity contribution in [3.8, 4) is 0 Å². The molecule has 1 rings (SSSR count). The minimum atomic E-state index is 1.03. The fraction of sp³-hybridized carbons (Fsp3) is 0.500. The van der Waals surface area contributed by atoms with E-state index in [1.807, 2.05) is 0 Å². The highest BCUT2D eigenvalue weighted by Gasteiger charge is 1.92. The molecule has 1 aliphatic carbocycles. The molecule has 0 spiro atoms. The van der Waals surface area contributed by atoms with Crippen molar-refractivity contribution in [2.75, 3.05) is 0 Å². The minimum Gasteiger partial charge on any atom is -0.0895 e.